The van der Waals surface area contributed by atoms with E-state index in [2.05, 4.69) is 47.2 Å². The molecule has 36 heavy (non-hydrogen) atoms. The number of anilines is 2. The van der Waals surface area contributed by atoms with Crippen LogP contribution in [0.15, 0.2) is 36.4 Å². The minimum atomic E-state index is -3.17. The highest BCUT2D eigenvalue weighted by Gasteiger charge is 2.39. The molecular formula is C26H36N4O4S2. The molecule has 196 valence electrons. The zero-order valence-electron chi connectivity index (χ0n) is 21.1. The number of hydrogen-bond acceptors (Lipinski definition) is 8. The van der Waals surface area contributed by atoms with Crippen molar-refractivity contribution < 1.29 is 16.8 Å². The van der Waals surface area contributed by atoms with Crippen molar-refractivity contribution in [2.75, 3.05) is 66.7 Å². The number of benzene rings is 1. The Morgan fingerprint density at radius 1 is 1.03 bits per heavy atom. The number of aromatic nitrogens is 1. The standard InChI is InChI=1S/C26H36N4O4S2/c1-19-4-6-23-22(15-19)24(27-7-8-29-9-12-35(31,32)13-10-29)17-26(28-23)30-11-14-36(33,34)25-16-20(2)3-5-21(25)18-30/h3-6,15,17,20-21,25H,7-14,16,18H2,1-2H3,(H,27,28). The highest BCUT2D eigenvalue weighted by molar-refractivity contribution is 7.92. The first-order chi connectivity index (χ1) is 17.1. The second-order valence-electron chi connectivity index (χ2n) is 10.6. The number of nitrogens with one attached hydrogen (secondary N) is 1. The zero-order valence-corrected chi connectivity index (χ0v) is 22.7. The molecule has 8 nitrogen and oxygen atoms in total. The van der Waals surface area contributed by atoms with Crippen LogP contribution < -0.4 is 10.2 Å². The van der Waals surface area contributed by atoms with Gasteiger partial charge in [0, 0.05) is 62.3 Å². The number of allylic oxidation sites excluding steroid dienone is 1. The Morgan fingerprint density at radius 2 is 1.81 bits per heavy atom. The Labute approximate surface area is 214 Å². The number of fused-ring (bicyclic) bond motifs is 2. The summed E-state index contributed by atoms with van der Waals surface area (Å²) >= 11 is 0. The number of hydrogen-bond donors (Lipinski definition) is 1. The molecule has 10 heteroatoms. The Hall–Kier alpha value is -2.17. The Morgan fingerprint density at radius 3 is 2.58 bits per heavy atom. The van der Waals surface area contributed by atoms with Gasteiger partial charge >= 0.3 is 0 Å². The van der Waals surface area contributed by atoms with Crippen LogP contribution >= 0.6 is 0 Å². The smallest absolute Gasteiger partial charge is 0.155 e. The van der Waals surface area contributed by atoms with E-state index in [0.717, 1.165) is 34.5 Å². The van der Waals surface area contributed by atoms with E-state index in [1.54, 1.807) is 0 Å². The van der Waals surface area contributed by atoms with Gasteiger partial charge in [-0.25, -0.2) is 21.8 Å². The van der Waals surface area contributed by atoms with Crippen molar-refractivity contribution in [3.8, 4) is 0 Å². The lowest BCUT2D eigenvalue weighted by atomic mass is 9.88. The molecule has 0 amide bonds. The lowest BCUT2D eigenvalue weighted by Crippen LogP contribution is -2.42. The van der Waals surface area contributed by atoms with Crippen LogP contribution in [0.1, 0.15) is 18.9 Å². The number of aryl methyl sites for hydroxylation is 1. The fourth-order valence-electron chi connectivity index (χ4n) is 5.57. The molecule has 1 aromatic carbocycles. The van der Waals surface area contributed by atoms with Crippen LogP contribution in [0.5, 0.6) is 0 Å². The molecule has 0 saturated carbocycles. The summed E-state index contributed by atoms with van der Waals surface area (Å²) in [7, 11) is -6.06. The normalized spacial score (nSPS) is 27.9. The van der Waals surface area contributed by atoms with Crippen LogP contribution in [-0.2, 0) is 19.7 Å². The SMILES string of the molecule is Cc1ccc2nc(N3CCS(=O)(=O)C4CC(C)C=CC4C3)cc(NCCN3CCS(=O)(=O)CC3)c2c1. The van der Waals surface area contributed by atoms with Gasteiger partial charge in [-0.1, -0.05) is 30.7 Å². The molecule has 3 heterocycles. The summed E-state index contributed by atoms with van der Waals surface area (Å²) in [5, 5.41) is 4.28. The molecule has 2 aliphatic heterocycles. The van der Waals surface area contributed by atoms with E-state index in [1.807, 2.05) is 18.2 Å². The summed E-state index contributed by atoms with van der Waals surface area (Å²) in [6.07, 6.45) is 4.93. The maximum atomic E-state index is 13.1. The molecule has 1 aromatic heterocycles. The van der Waals surface area contributed by atoms with Crippen LogP contribution in [0.25, 0.3) is 10.9 Å². The fraction of sp³-hybridized carbons (Fsp3) is 0.577. The van der Waals surface area contributed by atoms with Crippen molar-refractivity contribution in [2.24, 2.45) is 11.8 Å². The first-order valence-corrected chi connectivity index (χ1v) is 16.4. The molecule has 1 aliphatic carbocycles. The lowest BCUT2D eigenvalue weighted by Gasteiger charge is -2.30. The van der Waals surface area contributed by atoms with E-state index in [0.29, 0.717) is 39.1 Å². The van der Waals surface area contributed by atoms with E-state index in [4.69, 9.17) is 4.98 Å². The van der Waals surface area contributed by atoms with Crippen molar-refractivity contribution >= 4 is 42.1 Å². The van der Waals surface area contributed by atoms with Gasteiger partial charge in [-0.2, -0.15) is 0 Å². The molecule has 3 atom stereocenters. The third-order valence-electron chi connectivity index (χ3n) is 7.76. The van der Waals surface area contributed by atoms with Gasteiger partial charge in [0.25, 0.3) is 0 Å². The van der Waals surface area contributed by atoms with E-state index < -0.39 is 19.7 Å². The maximum Gasteiger partial charge on any atom is 0.155 e. The average molecular weight is 533 g/mol. The van der Waals surface area contributed by atoms with Crippen molar-refractivity contribution in [3.63, 3.8) is 0 Å². The van der Waals surface area contributed by atoms with Crippen molar-refractivity contribution in [2.45, 2.75) is 25.5 Å². The number of nitrogens with zero attached hydrogens (tertiary/aromatic N) is 3. The van der Waals surface area contributed by atoms with Crippen LogP contribution in [-0.4, -0.2) is 88.5 Å². The molecular weight excluding hydrogens is 496 g/mol. The molecule has 1 N–H and O–H groups in total. The molecule has 3 unspecified atom stereocenters. The Bertz CT molecular complexity index is 1360. The van der Waals surface area contributed by atoms with Crippen molar-refractivity contribution in [1.29, 1.82) is 0 Å². The second-order valence-corrected chi connectivity index (χ2v) is 15.2. The molecule has 0 spiro atoms. The molecule has 2 saturated heterocycles. The van der Waals surface area contributed by atoms with Gasteiger partial charge in [0.2, 0.25) is 0 Å². The highest BCUT2D eigenvalue weighted by atomic mass is 32.2. The van der Waals surface area contributed by atoms with Gasteiger partial charge in [-0.05, 0) is 31.4 Å². The largest absolute Gasteiger partial charge is 0.383 e. The van der Waals surface area contributed by atoms with Crippen LogP contribution in [0.3, 0.4) is 0 Å². The number of sulfone groups is 2. The minimum Gasteiger partial charge on any atom is -0.383 e. The first-order valence-electron chi connectivity index (χ1n) is 12.8. The van der Waals surface area contributed by atoms with Gasteiger partial charge in [-0.3, -0.25) is 4.90 Å². The Kier molecular flexibility index (Phi) is 7.04. The summed E-state index contributed by atoms with van der Waals surface area (Å²) in [5.74, 6) is 1.63. The molecule has 0 bridgehead atoms. The average Bonchev–Trinajstić information content (AvgIpc) is 2.96. The third-order valence-corrected chi connectivity index (χ3v) is 11.6. The monoisotopic (exact) mass is 532 g/mol. The number of pyridine rings is 1. The highest BCUT2D eigenvalue weighted by Crippen LogP contribution is 2.34. The van der Waals surface area contributed by atoms with E-state index in [1.165, 1.54) is 0 Å². The van der Waals surface area contributed by atoms with Gasteiger partial charge in [0.05, 0.1) is 28.0 Å². The topological polar surface area (TPSA) is 99.7 Å². The summed E-state index contributed by atoms with van der Waals surface area (Å²) in [4.78, 5) is 9.25. The number of rotatable bonds is 5. The summed E-state index contributed by atoms with van der Waals surface area (Å²) < 4.78 is 49.6. The van der Waals surface area contributed by atoms with Crippen molar-refractivity contribution in [1.82, 2.24) is 9.88 Å². The summed E-state index contributed by atoms with van der Waals surface area (Å²) in [6.45, 7) is 7.80. The first kappa shape index (κ1) is 25.5. The molecule has 2 fully saturated rings. The predicted octanol–water partition coefficient (Wildman–Crippen LogP) is 2.50. The van der Waals surface area contributed by atoms with Gasteiger partial charge < -0.3 is 10.2 Å². The van der Waals surface area contributed by atoms with E-state index in [9.17, 15) is 16.8 Å². The molecule has 3 aliphatic rings. The van der Waals surface area contributed by atoms with Crippen LogP contribution in [0.4, 0.5) is 11.5 Å². The molecule has 5 rings (SSSR count). The van der Waals surface area contributed by atoms with Gasteiger partial charge in [-0.15, -0.1) is 0 Å². The minimum absolute atomic E-state index is 0.0315. The van der Waals surface area contributed by atoms with E-state index >= 15 is 0 Å². The second kappa shape index (κ2) is 9.95. The van der Waals surface area contributed by atoms with Crippen LogP contribution in [0, 0.1) is 18.8 Å². The Balaban J connectivity index is 1.39. The van der Waals surface area contributed by atoms with Crippen LogP contribution in [0.2, 0.25) is 0 Å². The molecule has 2 aromatic rings. The predicted molar refractivity (Wildman–Crippen MR) is 146 cm³/mol. The summed E-state index contributed by atoms with van der Waals surface area (Å²) in [5.41, 5.74) is 2.99. The molecule has 0 radical (unpaired) electrons. The maximum absolute atomic E-state index is 13.1. The lowest BCUT2D eigenvalue weighted by molar-refractivity contribution is 0.307. The van der Waals surface area contributed by atoms with Crippen molar-refractivity contribution in [3.05, 3.63) is 42.0 Å². The summed E-state index contributed by atoms with van der Waals surface area (Å²) in [6, 6.07) is 8.24. The zero-order chi connectivity index (χ0) is 25.5. The fourth-order valence-corrected chi connectivity index (χ4v) is 8.93. The van der Waals surface area contributed by atoms with E-state index in [-0.39, 0.29) is 34.3 Å². The third kappa shape index (κ3) is 5.55. The van der Waals surface area contributed by atoms with Gasteiger partial charge in [0.1, 0.15) is 5.82 Å². The van der Waals surface area contributed by atoms with Gasteiger partial charge in [0.15, 0.2) is 19.7 Å². The quantitative estimate of drug-likeness (QED) is 0.587.